The molecule has 3 aromatic rings. The Morgan fingerprint density at radius 3 is 2.89 bits per heavy atom. The second-order valence-corrected chi connectivity index (χ2v) is 3.70. The lowest BCUT2D eigenvalue weighted by Crippen LogP contribution is -2.07. The molecule has 0 aliphatic carbocycles. The molecule has 3 rings (SSSR count). The van der Waals surface area contributed by atoms with Crippen LogP contribution in [-0.4, -0.2) is 40.0 Å². The van der Waals surface area contributed by atoms with Gasteiger partial charge >= 0.3 is 0 Å². The third-order valence-electron chi connectivity index (χ3n) is 2.44. The van der Waals surface area contributed by atoms with Crippen molar-refractivity contribution in [3.63, 3.8) is 0 Å². The molecule has 0 spiro atoms. The van der Waals surface area contributed by atoms with Crippen LogP contribution in [0.3, 0.4) is 0 Å². The van der Waals surface area contributed by atoms with Gasteiger partial charge in [-0.1, -0.05) is 6.07 Å². The Morgan fingerprint density at radius 1 is 1.22 bits per heavy atom. The Morgan fingerprint density at radius 2 is 2.17 bits per heavy atom. The topological polar surface area (TPSA) is 87.2 Å². The van der Waals surface area contributed by atoms with Crippen molar-refractivity contribution in [3.8, 4) is 11.5 Å². The summed E-state index contributed by atoms with van der Waals surface area (Å²) in [6.45, 7) is 0.476. The van der Waals surface area contributed by atoms with Crippen molar-refractivity contribution in [1.29, 1.82) is 0 Å². The first kappa shape index (κ1) is 10.5. The number of pyridine rings is 1. The molecule has 0 amide bonds. The molecule has 0 unspecified atom stereocenters. The number of hydrogen-bond acceptors (Lipinski definition) is 6. The Bertz CT molecular complexity index is 641. The van der Waals surface area contributed by atoms with Crippen molar-refractivity contribution in [2.75, 3.05) is 0 Å². The van der Waals surface area contributed by atoms with Crippen LogP contribution in [0.5, 0.6) is 0 Å². The Kier molecular flexibility index (Phi) is 2.52. The summed E-state index contributed by atoms with van der Waals surface area (Å²) in [5.41, 5.74) is 0.743. The fourth-order valence-corrected chi connectivity index (χ4v) is 1.51. The van der Waals surface area contributed by atoms with Gasteiger partial charge in [0.25, 0.3) is 0 Å². The van der Waals surface area contributed by atoms with Crippen molar-refractivity contribution < 1.29 is 0 Å². The van der Waals surface area contributed by atoms with Crippen LogP contribution in [0, 0.1) is 0 Å². The average Bonchev–Trinajstić information content (AvgIpc) is 3.02. The summed E-state index contributed by atoms with van der Waals surface area (Å²) in [7, 11) is 1.78. The molecule has 0 saturated heterocycles. The quantitative estimate of drug-likeness (QED) is 0.638. The van der Waals surface area contributed by atoms with E-state index in [4.69, 9.17) is 0 Å². The number of tetrazole rings is 1. The molecule has 0 N–H and O–H groups in total. The highest BCUT2D eigenvalue weighted by Gasteiger charge is 2.07. The molecule has 3 heterocycles. The van der Waals surface area contributed by atoms with Gasteiger partial charge in [-0.25, -0.2) is 14.3 Å². The predicted molar refractivity (Wildman–Crippen MR) is 61.2 cm³/mol. The first-order valence-electron chi connectivity index (χ1n) is 5.35. The van der Waals surface area contributed by atoms with Crippen LogP contribution in [0.2, 0.25) is 0 Å². The maximum atomic E-state index is 4.33. The van der Waals surface area contributed by atoms with Gasteiger partial charge in [-0.15, -0.1) is 10.2 Å². The minimum absolute atomic E-state index is 0.476. The molecule has 0 aliphatic rings. The summed E-state index contributed by atoms with van der Waals surface area (Å²) in [5, 5.41) is 15.6. The summed E-state index contributed by atoms with van der Waals surface area (Å²) in [6, 6.07) is 5.62. The molecule has 0 aliphatic heterocycles. The zero-order valence-corrected chi connectivity index (χ0v) is 9.67. The molecule has 8 heteroatoms. The summed E-state index contributed by atoms with van der Waals surface area (Å²) in [5.74, 6) is 1.30. The van der Waals surface area contributed by atoms with Gasteiger partial charge in [-0.2, -0.15) is 0 Å². The largest absolute Gasteiger partial charge is 0.253 e. The van der Waals surface area contributed by atoms with Gasteiger partial charge in [0.05, 0.1) is 0 Å². The molecule has 8 nitrogen and oxygen atoms in total. The van der Waals surface area contributed by atoms with E-state index in [0.29, 0.717) is 18.2 Å². The van der Waals surface area contributed by atoms with Gasteiger partial charge < -0.3 is 0 Å². The number of aromatic nitrogens is 8. The van der Waals surface area contributed by atoms with Gasteiger partial charge in [-0.05, 0) is 22.6 Å². The Labute approximate surface area is 102 Å². The van der Waals surface area contributed by atoms with Gasteiger partial charge in [0.1, 0.15) is 18.6 Å². The third-order valence-corrected chi connectivity index (χ3v) is 2.44. The first-order chi connectivity index (χ1) is 8.83. The lowest BCUT2D eigenvalue weighted by Gasteiger charge is -1.97. The van der Waals surface area contributed by atoms with Crippen molar-refractivity contribution in [2.24, 2.45) is 7.05 Å². The number of hydrogen-bond donors (Lipinski definition) is 0. The van der Waals surface area contributed by atoms with Crippen molar-refractivity contribution in [2.45, 2.75) is 6.54 Å². The first-order valence-corrected chi connectivity index (χ1v) is 5.35. The lowest BCUT2D eigenvalue weighted by atomic mass is 10.3. The Hall–Kier alpha value is -2.64. The number of nitrogens with zero attached hydrogens (tertiary/aromatic N) is 8. The number of aryl methyl sites for hydroxylation is 1. The molecular formula is C10H10N8. The van der Waals surface area contributed by atoms with Crippen LogP contribution in [0.25, 0.3) is 11.5 Å². The molecule has 3 aromatic heterocycles. The van der Waals surface area contributed by atoms with Gasteiger partial charge in [0, 0.05) is 13.2 Å². The summed E-state index contributed by atoms with van der Waals surface area (Å²) in [6.07, 6.45) is 3.35. The highest BCUT2D eigenvalue weighted by molar-refractivity contribution is 5.46. The van der Waals surface area contributed by atoms with Crippen LogP contribution >= 0.6 is 0 Å². The van der Waals surface area contributed by atoms with E-state index in [1.54, 1.807) is 28.9 Å². The smallest absolute Gasteiger partial charge is 0.199 e. The van der Waals surface area contributed by atoms with Crippen LogP contribution < -0.4 is 0 Å². The summed E-state index contributed by atoms with van der Waals surface area (Å²) < 4.78 is 3.28. The molecule has 0 fully saturated rings. The van der Waals surface area contributed by atoms with Crippen LogP contribution in [0.4, 0.5) is 0 Å². The van der Waals surface area contributed by atoms with E-state index in [2.05, 4.69) is 30.6 Å². The van der Waals surface area contributed by atoms with E-state index in [0.717, 1.165) is 5.69 Å². The molecule has 0 radical (unpaired) electrons. The fraction of sp³-hybridized carbons (Fsp3) is 0.200. The fourth-order valence-electron chi connectivity index (χ4n) is 1.51. The minimum atomic E-state index is 0.476. The predicted octanol–water partition coefficient (Wildman–Crippen LogP) is -0.0881. The van der Waals surface area contributed by atoms with Crippen molar-refractivity contribution >= 4 is 0 Å². The van der Waals surface area contributed by atoms with Crippen LogP contribution in [0.1, 0.15) is 5.82 Å². The monoisotopic (exact) mass is 242 g/mol. The molecule has 90 valence electrons. The minimum Gasteiger partial charge on any atom is -0.253 e. The third kappa shape index (κ3) is 1.95. The standard InChI is InChI=1S/C10H10N8/c1-17-9(13-15-16-17)6-18-7-12-10(14-18)8-4-2-3-5-11-8/h2-5,7H,6H2,1H3. The highest BCUT2D eigenvalue weighted by atomic mass is 15.5. The maximum Gasteiger partial charge on any atom is 0.199 e. The van der Waals surface area contributed by atoms with E-state index in [1.165, 1.54) is 0 Å². The molecule has 0 bridgehead atoms. The zero-order chi connectivity index (χ0) is 12.4. The molecular weight excluding hydrogens is 232 g/mol. The van der Waals surface area contributed by atoms with E-state index in [-0.39, 0.29) is 0 Å². The van der Waals surface area contributed by atoms with E-state index in [1.807, 2.05) is 18.2 Å². The Balaban J connectivity index is 1.84. The SMILES string of the molecule is Cn1nnnc1Cn1cnc(-c2ccccn2)n1. The zero-order valence-electron chi connectivity index (χ0n) is 9.67. The van der Waals surface area contributed by atoms with Crippen LogP contribution in [0.15, 0.2) is 30.7 Å². The average molecular weight is 242 g/mol. The summed E-state index contributed by atoms with van der Waals surface area (Å²) in [4.78, 5) is 8.40. The van der Waals surface area contributed by atoms with Crippen molar-refractivity contribution in [3.05, 3.63) is 36.5 Å². The lowest BCUT2D eigenvalue weighted by molar-refractivity contribution is 0.605. The maximum absolute atomic E-state index is 4.33. The normalized spacial score (nSPS) is 10.7. The molecule has 0 saturated carbocycles. The second-order valence-electron chi connectivity index (χ2n) is 3.70. The van der Waals surface area contributed by atoms with E-state index < -0.39 is 0 Å². The molecule has 18 heavy (non-hydrogen) atoms. The highest BCUT2D eigenvalue weighted by Crippen LogP contribution is 2.09. The van der Waals surface area contributed by atoms with Crippen LogP contribution in [-0.2, 0) is 13.6 Å². The second kappa shape index (κ2) is 4.32. The van der Waals surface area contributed by atoms with E-state index >= 15 is 0 Å². The number of rotatable bonds is 3. The molecule has 0 aromatic carbocycles. The van der Waals surface area contributed by atoms with Gasteiger partial charge in [0.2, 0.25) is 0 Å². The van der Waals surface area contributed by atoms with E-state index in [9.17, 15) is 0 Å². The molecule has 0 atom stereocenters. The summed E-state index contributed by atoms with van der Waals surface area (Å²) >= 11 is 0. The van der Waals surface area contributed by atoms with Crippen molar-refractivity contribution in [1.82, 2.24) is 40.0 Å². The van der Waals surface area contributed by atoms with Gasteiger partial charge in [-0.3, -0.25) is 4.98 Å². The van der Waals surface area contributed by atoms with Gasteiger partial charge in [0.15, 0.2) is 11.6 Å².